The molecule has 2 rings (SSSR count). The fourth-order valence-corrected chi connectivity index (χ4v) is 1.46. The fraction of sp³-hybridized carbons (Fsp3) is 0. The van der Waals surface area contributed by atoms with Gasteiger partial charge in [-0.3, -0.25) is 4.79 Å². The molecule has 1 aliphatic rings. The molecular formula is C10H7NO4. The summed E-state index contributed by atoms with van der Waals surface area (Å²) in [5.74, 6) is -1.50. The van der Waals surface area contributed by atoms with Crippen molar-refractivity contribution in [3.05, 3.63) is 35.6 Å². The molecule has 5 heteroatoms. The molecule has 3 N–H and O–H groups in total. The topological polar surface area (TPSA) is 86.6 Å². The van der Waals surface area contributed by atoms with E-state index in [4.69, 9.17) is 10.2 Å². The number of amides is 1. The van der Waals surface area contributed by atoms with Crippen molar-refractivity contribution in [3.8, 4) is 0 Å². The predicted octanol–water partition coefficient (Wildman–Crippen LogP) is 1.24. The molecule has 0 fully saturated rings. The Morgan fingerprint density at radius 3 is 2.73 bits per heavy atom. The molecule has 1 aliphatic heterocycles. The molecule has 15 heavy (non-hydrogen) atoms. The summed E-state index contributed by atoms with van der Waals surface area (Å²) in [7, 11) is 0. The van der Waals surface area contributed by atoms with Gasteiger partial charge in [-0.2, -0.15) is 0 Å². The van der Waals surface area contributed by atoms with Crippen LogP contribution in [0.15, 0.2) is 24.5 Å². The first-order valence-electron chi connectivity index (χ1n) is 4.17. The highest BCUT2D eigenvalue weighted by molar-refractivity contribution is 6.31. The number of carboxylic acid groups (broad SMARTS) is 1. The van der Waals surface area contributed by atoms with Gasteiger partial charge in [0, 0.05) is 5.56 Å². The van der Waals surface area contributed by atoms with Crippen LogP contribution in [0.4, 0.5) is 5.69 Å². The van der Waals surface area contributed by atoms with Crippen molar-refractivity contribution < 1.29 is 19.8 Å². The third-order valence-corrected chi connectivity index (χ3v) is 2.18. The van der Waals surface area contributed by atoms with Crippen molar-refractivity contribution in [1.29, 1.82) is 0 Å². The number of nitrogens with one attached hydrogen (secondary N) is 1. The number of carboxylic acids is 1. The lowest BCUT2D eigenvalue weighted by molar-refractivity contribution is -0.110. The average Bonchev–Trinajstić information content (AvgIpc) is 2.51. The van der Waals surface area contributed by atoms with Crippen LogP contribution in [0.25, 0.3) is 5.57 Å². The Morgan fingerprint density at radius 2 is 2.13 bits per heavy atom. The van der Waals surface area contributed by atoms with E-state index in [9.17, 15) is 9.59 Å². The minimum atomic E-state index is -1.06. The van der Waals surface area contributed by atoms with Crippen LogP contribution in [-0.2, 0) is 4.79 Å². The quantitative estimate of drug-likeness (QED) is 0.475. The van der Waals surface area contributed by atoms with Crippen molar-refractivity contribution in [1.82, 2.24) is 0 Å². The molecule has 0 saturated heterocycles. The molecular weight excluding hydrogens is 198 g/mol. The SMILES string of the molecule is O=C1Nc2cc(C(=O)O)ccc2C1=CO. The van der Waals surface area contributed by atoms with Gasteiger partial charge in [0.2, 0.25) is 0 Å². The molecule has 76 valence electrons. The van der Waals surface area contributed by atoms with Gasteiger partial charge < -0.3 is 15.5 Å². The standard InChI is InChI=1S/C10H7NO4/c12-4-7-6-2-1-5(10(14)15)3-8(6)11-9(7)13/h1-4,12H,(H,11,13)(H,14,15). The third kappa shape index (κ3) is 1.34. The van der Waals surface area contributed by atoms with Crippen molar-refractivity contribution in [2.45, 2.75) is 0 Å². The number of aliphatic hydroxyl groups excluding tert-OH is 1. The van der Waals surface area contributed by atoms with E-state index in [1.807, 2.05) is 0 Å². The lowest BCUT2D eigenvalue weighted by atomic mass is 10.1. The summed E-state index contributed by atoms with van der Waals surface area (Å²) in [4.78, 5) is 21.9. The van der Waals surface area contributed by atoms with Crippen LogP contribution in [0.3, 0.4) is 0 Å². The fourth-order valence-electron chi connectivity index (χ4n) is 1.46. The zero-order valence-electron chi connectivity index (χ0n) is 7.52. The summed E-state index contributed by atoms with van der Waals surface area (Å²) < 4.78 is 0. The second-order valence-electron chi connectivity index (χ2n) is 3.06. The van der Waals surface area contributed by atoms with E-state index in [-0.39, 0.29) is 11.1 Å². The van der Waals surface area contributed by atoms with Crippen molar-refractivity contribution in [2.75, 3.05) is 5.32 Å². The zero-order chi connectivity index (χ0) is 11.0. The summed E-state index contributed by atoms with van der Waals surface area (Å²) in [5.41, 5.74) is 1.14. The lowest BCUT2D eigenvalue weighted by Gasteiger charge is -1.99. The molecule has 5 nitrogen and oxygen atoms in total. The number of carbonyl (C=O) groups is 2. The number of aromatic carboxylic acids is 1. The maximum absolute atomic E-state index is 11.3. The summed E-state index contributed by atoms with van der Waals surface area (Å²) in [5, 5.41) is 20.0. The molecule has 1 aromatic rings. The zero-order valence-corrected chi connectivity index (χ0v) is 7.52. The molecule has 0 aliphatic carbocycles. The van der Waals surface area contributed by atoms with E-state index in [2.05, 4.69) is 5.32 Å². The van der Waals surface area contributed by atoms with Crippen LogP contribution in [0.1, 0.15) is 15.9 Å². The van der Waals surface area contributed by atoms with E-state index in [0.29, 0.717) is 17.5 Å². The van der Waals surface area contributed by atoms with Crippen LogP contribution in [0.5, 0.6) is 0 Å². The molecule has 0 aromatic heterocycles. The first kappa shape index (κ1) is 9.26. The van der Waals surface area contributed by atoms with Gasteiger partial charge in [0.25, 0.3) is 5.91 Å². The summed E-state index contributed by atoms with van der Waals surface area (Å²) >= 11 is 0. The van der Waals surface area contributed by atoms with Crippen molar-refractivity contribution in [2.24, 2.45) is 0 Å². The highest BCUT2D eigenvalue weighted by atomic mass is 16.4. The van der Waals surface area contributed by atoms with Crippen molar-refractivity contribution >= 4 is 23.1 Å². The van der Waals surface area contributed by atoms with Gasteiger partial charge in [-0.05, 0) is 12.1 Å². The van der Waals surface area contributed by atoms with Gasteiger partial charge in [0.05, 0.1) is 23.1 Å². The van der Waals surface area contributed by atoms with Crippen molar-refractivity contribution in [3.63, 3.8) is 0 Å². The van der Waals surface area contributed by atoms with Gasteiger partial charge in [0.1, 0.15) is 0 Å². The third-order valence-electron chi connectivity index (χ3n) is 2.18. The molecule has 0 spiro atoms. The van der Waals surface area contributed by atoms with Crippen LogP contribution >= 0.6 is 0 Å². The maximum Gasteiger partial charge on any atom is 0.335 e. The van der Waals surface area contributed by atoms with Gasteiger partial charge in [-0.1, -0.05) is 6.07 Å². The summed E-state index contributed by atoms with van der Waals surface area (Å²) in [6, 6.07) is 4.22. The number of carbonyl (C=O) groups excluding carboxylic acids is 1. The van der Waals surface area contributed by atoms with E-state index in [1.54, 1.807) is 0 Å². The second-order valence-corrected chi connectivity index (χ2v) is 3.06. The minimum Gasteiger partial charge on any atom is -0.515 e. The molecule has 0 bridgehead atoms. The number of rotatable bonds is 1. The van der Waals surface area contributed by atoms with E-state index in [1.165, 1.54) is 18.2 Å². The number of hydrogen-bond acceptors (Lipinski definition) is 3. The summed E-state index contributed by atoms with van der Waals surface area (Å²) in [6.07, 6.45) is 0.710. The number of aliphatic hydroxyl groups is 1. The average molecular weight is 205 g/mol. The highest BCUT2D eigenvalue weighted by Gasteiger charge is 2.25. The molecule has 1 aromatic carbocycles. The van der Waals surface area contributed by atoms with E-state index < -0.39 is 11.9 Å². The second kappa shape index (κ2) is 3.13. The molecule has 1 heterocycles. The Hall–Kier alpha value is -2.30. The summed E-state index contributed by atoms with van der Waals surface area (Å²) in [6.45, 7) is 0. The largest absolute Gasteiger partial charge is 0.515 e. The van der Waals surface area contributed by atoms with Crippen LogP contribution in [0, 0.1) is 0 Å². The maximum atomic E-state index is 11.3. The number of fused-ring (bicyclic) bond motifs is 1. The Bertz CT molecular complexity index is 490. The molecule has 0 radical (unpaired) electrons. The normalized spacial score (nSPS) is 16.3. The first-order valence-corrected chi connectivity index (χ1v) is 4.17. The van der Waals surface area contributed by atoms with Gasteiger partial charge >= 0.3 is 5.97 Å². The Labute approximate surface area is 84.7 Å². The highest BCUT2D eigenvalue weighted by Crippen LogP contribution is 2.31. The number of anilines is 1. The van der Waals surface area contributed by atoms with Crippen LogP contribution < -0.4 is 5.32 Å². The lowest BCUT2D eigenvalue weighted by Crippen LogP contribution is -2.03. The Morgan fingerprint density at radius 1 is 1.40 bits per heavy atom. The van der Waals surface area contributed by atoms with Gasteiger partial charge in [-0.25, -0.2) is 4.79 Å². The molecule has 0 atom stereocenters. The smallest absolute Gasteiger partial charge is 0.335 e. The van der Waals surface area contributed by atoms with Gasteiger partial charge in [0.15, 0.2) is 0 Å². The first-order chi connectivity index (χ1) is 7.13. The number of benzene rings is 1. The van der Waals surface area contributed by atoms with E-state index >= 15 is 0 Å². The Kier molecular flexibility index (Phi) is 1.93. The minimum absolute atomic E-state index is 0.0910. The van der Waals surface area contributed by atoms with Crippen LogP contribution in [-0.4, -0.2) is 22.1 Å². The molecule has 0 unspecified atom stereocenters. The van der Waals surface area contributed by atoms with Crippen LogP contribution in [0.2, 0.25) is 0 Å². The number of hydrogen-bond donors (Lipinski definition) is 3. The monoisotopic (exact) mass is 205 g/mol. The van der Waals surface area contributed by atoms with E-state index in [0.717, 1.165) is 0 Å². The van der Waals surface area contributed by atoms with Gasteiger partial charge in [-0.15, -0.1) is 0 Å². The predicted molar refractivity (Wildman–Crippen MR) is 52.6 cm³/mol. The molecule has 0 saturated carbocycles. The molecule has 1 amide bonds. The Balaban J connectivity index is 2.56.